The average Bonchev–Trinajstić information content (AvgIpc) is 2.39. The molecule has 2 aromatic carbocycles. The summed E-state index contributed by atoms with van der Waals surface area (Å²) in [7, 11) is 0. The Labute approximate surface area is 139 Å². The van der Waals surface area contributed by atoms with Crippen LogP contribution in [0.25, 0.3) is 11.1 Å². The molecule has 2 heteroatoms. The molecule has 0 bridgehead atoms. The van der Waals surface area contributed by atoms with Crippen molar-refractivity contribution in [1.82, 2.24) is 0 Å². The number of hydrogen-bond acceptors (Lipinski definition) is 2. The number of rotatable bonds is 1. The predicted molar refractivity (Wildman–Crippen MR) is 98.2 cm³/mol. The minimum atomic E-state index is 0.0161. The van der Waals surface area contributed by atoms with Crippen LogP contribution in [0.1, 0.15) is 52.7 Å². The maximum Gasteiger partial charge on any atom is 0.116 e. The van der Waals surface area contributed by atoms with Crippen LogP contribution in [-0.4, -0.2) is 5.11 Å². The van der Waals surface area contributed by atoms with Crippen LogP contribution >= 0.6 is 12.6 Å². The van der Waals surface area contributed by atoms with E-state index in [0.717, 1.165) is 16.0 Å². The Bertz CT molecular complexity index is 688. The van der Waals surface area contributed by atoms with Crippen molar-refractivity contribution in [2.45, 2.75) is 57.3 Å². The van der Waals surface area contributed by atoms with Crippen molar-refractivity contribution in [3.63, 3.8) is 0 Å². The van der Waals surface area contributed by atoms with Crippen molar-refractivity contribution in [2.75, 3.05) is 0 Å². The van der Waals surface area contributed by atoms with Crippen molar-refractivity contribution in [2.24, 2.45) is 0 Å². The molecule has 0 fully saturated rings. The standard InChI is InChI=1S/C20H26OS/c1-19(2,3)13-7-9-15(17(11-13)20(4,5)6)16-12-14(21)8-10-18(16)22/h7-12,21-22H,1-6H3. The SMILES string of the molecule is CC(C)(C)c1ccc(-c2cc(O)ccc2S)c(C(C)(C)C)c1. The maximum atomic E-state index is 9.84. The van der Waals surface area contributed by atoms with Gasteiger partial charge in [-0.25, -0.2) is 0 Å². The molecule has 1 nitrogen and oxygen atoms in total. The summed E-state index contributed by atoms with van der Waals surface area (Å²) < 4.78 is 0. The van der Waals surface area contributed by atoms with Gasteiger partial charge in [0.05, 0.1) is 0 Å². The van der Waals surface area contributed by atoms with E-state index in [1.54, 1.807) is 12.1 Å². The van der Waals surface area contributed by atoms with E-state index in [-0.39, 0.29) is 16.6 Å². The molecule has 0 atom stereocenters. The second kappa shape index (κ2) is 5.66. The number of phenols is 1. The second-order valence-electron chi connectivity index (χ2n) is 7.96. The summed E-state index contributed by atoms with van der Waals surface area (Å²) in [6, 6.07) is 12.0. The van der Waals surface area contributed by atoms with Gasteiger partial charge in [0.25, 0.3) is 0 Å². The Balaban J connectivity index is 2.74. The first-order valence-corrected chi connectivity index (χ1v) is 8.12. The van der Waals surface area contributed by atoms with Gasteiger partial charge >= 0.3 is 0 Å². The van der Waals surface area contributed by atoms with Crippen molar-refractivity contribution in [1.29, 1.82) is 0 Å². The van der Waals surface area contributed by atoms with Gasteiger partial charge in [0.15, 0.2) is 0 Å². The largest absolute Gasteiger partial charge is 0.508 e. The van der Waals surface area contributed by atoms with E-state index in [2.05, 4.69) is 72.4 Å². The highest BCUT2D eigenvalue weighted by Crippen LogP contribution is 2.39. The summed E-state index contributed by atoms with van der Waals surface area (Å²) in [5, 5.41) is 9.84. The Morgan fingerprint density at radius 1 is 0.773 bits per heavy atom. The molecular formula is C20H26OS. The summed E-state index contributed by atoms with van der Waals surface area (Å²) in [5.74, 6) is 0.271. The third kappa shape index (κ3) is 3.49. The fourth-order valence-corrected chi connectivity index (χ4v) is 2.87. The third-order valence-electron chi connectivity index (χ3n) is 3.96. The van der Waals surface area contributed by atoms with Gasteiger partial charge in [-0.2, -0.15) is 0 Å². The van der Waals surface area contributed by atoms with Crippen LogP contribution in [-0.2, 0) is 10.8 Å². The highest BCUT2D eigenvalue weighted by molar-refractivity contribution is 7.80. The van der Waals surface area contributed by atoms with Gasteiger partial charge in [-0.3, -0.25) is 0 Å². The average molecular weight is 314 g/mol. The highest BCUT2D eigenvalue weighted by Gasteiger charge is 2.23. The predicted octanol–water partition coefficient (Wildman–Crippen LogP) is 5.94. The van der Waals surface area contributed by atoms with E-state index < -0.39 is 0 Å². The molecule has 118 valence electrons. The van der Waals surface area contributed by atoms with Crippen LogP contribution in [0.15, 0.2) is 41.3 Å². The molecule has 2 aromatic rings. The number of thiol groups is 1. The molecular weight excluding hydrogens is 288 g/mol. The van der Waals surface area contributed by atoms with Crippen LogP contribution in [0.5, 0.6) is 5.75 Å². The molecule has 0 saturated carbocycles. The van der Waals surface area contributed by atoms with E-state index in [0.29, 0.717) is 0 Å². The van der Waals surface area contributed by atoms with Gasteiger partial charge in [0.1, 0.15) is 5.75 Å². The first-order chi connectivity index (χ1) is 10.00. The highest BCUT2D eigenvalue weighted by atomic mass is 32.1. The van der Waals surface area contributed by atoms with Crippen LogP contribution in [0.3, 0.4) is 0 Å². The summed E-state index contributed by atoms with van der Waals surface area (Å²) in [4.78, 5) is 0.881. The van der Waals surface area contributed by atoms with Gasteiger partial charge in [-0.05, 0) is 51.3 Å². The van der Waals surface area contributed by atoms with Crippen molar-refractivity contribution in [3.8, 4) is 16.9 Å². The topological polar surface area (TPSA) is 20.2 Å². The molecule has 0 radical (unpaired) electrons. The smallest absolute Gasteiger partial charge is 0.116 e. The minimum Gasteiger partial charge on any atom is -0.508 e. The number of phenolic OH excluding ortho intramolecular Hbond substituents is 1. The van der Waals surface area contributed by atoms with E-state index in [9.17, 15) is 5.11 Å². The quantitative estimate of drug-likeness (QED) is 0.624. The molecule has 0 amide bonds. The van der Waals surface area contributed by atoms with E-state index in [1.165, 1.54) is 11.1 Å². The molecule has 22 heavy (non-hydrogen) atoms. The fraction of sp³-hybridized carbons (Fsp3) is 0.400. The molecule has 1 N–H and O–H groups in total. The van der Waals surface area contributed by atoms with Crippen molar-refractivity contribution >= 4 is 12.6 Å². The van der Waals surface area contributed by atoms with Gasteiger partial charge in [-0.1, -0.05) is 59.7 Å². The van der Waals surface area contributed by atoms with Crippen molar-refractivity contribution < 1.29 is 5.11 Å². The van der Waals surface area contributed by atoms with Gasteiger partial charge in [0, 0.05) is 4.90 Å². The second-order valence-corrected chi connectivity index (χ2v) is 8.44. The first kappa shape index (κ1) is 17.0. The summed E-state index contributed by atoms with van der Waals surface area (Å²) in [5.41, 5.74) is 4.85. The lowest BCUT2D eigenvalue weighted by molar-refractivity contribution is 0.475. The lowest BCUT2D eigenvalue weighted by Gasteiger charge is -2.28. The van der Waals surface area contributed by atoms with Crippen LogP contribution in [0.2, 0.25) is 0 Å². The first-order valence-electron chi connectivity index (χ1n) is 7.67. The molecule has 0 heterocycles. The van der Waals surface area contributed by atoms with Gasteiger partial charge < -0.3 is 5.11 Å². The summed E-state index contributed by atoms with van der Waals surface area (Å²) >= 11 is 4.57. The zero-order chi connectivity index (χ0) is 16.7. The summed E-state index contributed by atoms with van der Waals surface area (Å²) in [6.07, 6.45) is 0. The molecule has 0 aliphatic rings. The summed E-state index contributed by atoms with van der Waals surface area (Å²) in [6.45, 7) is 13.4. The van der Waals surface area contributed by atoms with Crippen LogP contribution < -0.4 is 0 Å². The van der Waals surface area contributed by atoms with Gasteiger partial charge in [0.2, 0.25) is 0 Å². The molecule has 0 spiro atoms. The van der Waals surface area contributed by atoms with E-state index >= 15 is 0 Å². The number of benzene rings is 2. The Morgan fingerprint density at radius 3 is 1.95 bits per heavy atom. The maximum absolute atomic E-state index is 9.84. The third-order valence-corrected chi connectivity index (χ3v) is 4.35. The van der Waals surface area contributed by atoms with E-state index in [4.69, 9.17) is 0 Å². The number of hydrogen-bond donors (Lipinski definition) is 2. The molecule has 0 unspecified atom stereocenters. The molecule has 0 aromatic heterocycles. The lowest BCUT2D eigenvalue weighted by atomic mass is 9.77. The normalized spacial score (nSPS) is 12.5. The molecule has 0 saturated heterocycles. The van der Waals surface area contributed by atoms with Crippen molar-refractivity contribution in [3.05, 3.63) is 47.5 Å². The van der Waals surface area contributed by atoms with E-state index in [1.807, 2.05) is 6.07 Å². The molecule has 2 rings (SSSR count). The lowest BCUT2D eigenvalue weighted by Crippen LogP contribution is -2.17. The monoisotopic (exact) mass is 314 g/mol. The van der Waals surface area contributed by atoms with Crippen LogP contribution in [0, 0.1) is 0 Å². The van der Waals surface area contributed by atoms with Crippen LogP contribution in [0.4, 0.5) is 0 Å². The molecule has 0 aliphatic heterocycles. The fourth-order valence-electron chi connectivity index (χ4n) is 2.61. The Kier molecular flexibility index (Phi) is 4.36. The molecule has 0 aliphatic carbocycles. The zero-order valence-corrected chi connectivity index (χ0v) is 15.3. The van der Waals surface area contributed by atoms with Gasteiger partial charge in [-0.15, -0.1) is 12.6 Å². The Morgan fingerprint density at radius 2 is 1.41 bits per heavy atom. The minimum absolute atomic E-state index is 0.0161. The Hall–Kier alpha value is -1.41. The number of aromatic hydroxyl groups is 1. The zero-order valence-electron chi connectivity index (χ0n) is 14.4.